The molecule has 0 spiro atoms. The molecule has 6 nitrogen and oxygen atoms in total. The first-order valence-electron chi connectivity index (χ1n) is 9.47. The van der Waals surface area contributed by atoms with Gasteiger partial charge in [-0.2, -0.15) is 4.39 Å². The summed E-state index contributed by atoms with van der Waals surface area (Å²) in [5.41, 5.74) is 1.31. The fourth-order valence-corrected chi connectivity index (χ4v) is 3.89. The summed E-state index contributed by atoms with van der Waals surface area (Å²) in [7, 11) is 0. The molecule has 1 saturated heterocycles. The fraction of sp³-hybridized carbons (Fsp3) is 0.450. The molecular formula is C20H24FN5O. The molecule has 7 heteroatoms. The zero-order valence-electron chi connectivity index (χ0n) is 15.7. The van der Waals surface area contributed by atoms with Gasteiger partial charge in [-0.1, -0.05) is 6.07 Å². The van der Waals surface area contributed by atoms with E-state index in [4.69, 9.17) is 0 Å². The number of rotatable bonds is 4. The lowest BCUT2D eigenvalue weighted by atomic mass is 9.98. The molecule has 3 aromatic rings. The van der Waals surface area contributed by atoms with Crippen LogP contribution in [-0.4, -0.2) is 42.3 Å². The zero-order chi connectivity index (χ0) is 19.0. The van der Waals surface area contributed by atoms with Crippen LogP contribution in [0.15, 0.2) is 30.7 Å². The Hall–Kier alpha value is -2.70. The molecule has 3 aromatic heterocycles. The summed E-state index contributed by atoms with van der Waals surface area (Å²) in [5, 5.41) is 0. The number of hydrogen-bond donors (Lipinski definition) is 0. The highest BCUT2D eigenvalue weighted by atomic mass is 19.1. The first-order chi connectivity index (χ1) is 13.0. The lowest BCUT2D eigenvalue weighted by Crippen LogP contribution is -2.44. The minimum Gasteiger partial charge on any atom is -0.335 e. The van der Waals surface area contributed by atoms with Crippen LogP contribution in [0.5, 0.6) is 0 Å². The van der Waals surface area contributed by atoms with Crippen molar-refractivity contribution in [1.82, 2.24) is 23.8 Å². The number of carbonyl (C=O) groups excluding carboxylic acids is 1. The smallest absolute Gasteiger partial charge is 0.277 e. The summed E-state index contributed by atoms with van der Waals surface area (Å²) in [4.78, 5) is 23.4. The van der Waals surface area contributed by atoms with E-state index in [-0.39, 0.29) is 17.6 Å². The highest BCUT2D eigenvalue weighted by Crippen LogP contribution is 2.24. The van der Waals surface area contributed by atoms with Crippen molar-refractivity contribution in [3.8, 4) is 0 Å². The predicted octanol–water partition coefficient (Wildman–Crippen LogP) is 3.37. The van der Waals surface area contributed by atoms with E-state index in [2.05, 4.69) is 14.5 Å². The summed E-state index contributed by atoms with van der Waals surface area (Å²) in [6, 6.07) is 3.71. The Morgan fingerprint density at radius 1 is 1.30 bits per heavy atom. The number of aromatic nitrogens is 4. The molecule has 0 radical (unpaired) electrons. The van der Waals surface area contributed by atoms with E-state index in [0.717, 1.165) is 43.6 Å². The Balaban J connectivity index is 1.57. The van der Waals surface area contributed by atoms with Crippen molar-refractivity contribution in [2.45, 2.75) is 52.1 Å². The molecule has 1 atom stereocenters. The first-order valence-corrected chi connectivity index (χ1v) is 9.47. The Morgan fingerprint density at radius 2 is 2.15 bits per heavy atom. The van der Waals surface area contributed by atoms with Gasteiger partial charge in [0.2, 0.25) is 5.95 Å². The molecule has 0 aromatic carbocycles. The molecule has 4 heterocycles. The molecule has 0 aliphatic carbocycles. The number of pyridine rings is 1. The quantitative estimate of drug-likeness (QED) is 0.708. The number of carbonyl (C=O) groups is 1. The second-order valence-corrected chi connectivity index (χ2v) is 7.29. The average Bonchev–Trinajstić information content (AvgIpc) is 3.23. The fourth-order valence-electron chi connectivity index (χ4n) is 3.89. The molecule has 1 aliphatic rings. The lowest BCUT2D eigenvalue weighted by molar-refractivity contribution is 0.0584. The van der Waals surface area contributed by atoms with Gasteiger partial charge in [0.05, 0.1) is 0 Å². The van der Waals surface area contributed by atoms with Crippen LogP contribution in [0.4, 0.5) is 4.39 Å². The molecule has 1 amide bonds. The number of halogens is 1. The van der Waals surface area contributed by atoms with Crippen molar-refractivity contribution in [1.29, 1.82) is 0 Å². The van der Waals surface area contributed by atoms with Gasteiger partial charge in [0.25, 0.3) is 5.91 Å². The van der Waals surface area contributed by atoms with Gasteiger partial charge < -0.3 is 9.47 Å². The average molecular weight is 369 g/mol. The number of hydrogen-bond acceptors (Lipinski definition) is 3. The van der Waals surface area contributed by atoms with Crippen LogP contribution in [0.1, 0.15) is 47.6 Å². The van der Waals surface area contributed by atoms with Gasteiger partial charge in [-0.3, -0.25) is 9.20 Å². The Kier molecular flexibility index (Phi) is 4.68. The predicted molar refractivity (Wildman–Crippen MR) is 100 cm³/mol. The summed E-state index contributed by atoms with van der Waals surface area (Å²) in [6.07, 6.45) is 9.21. The monoisotopic (exact) mass is 369 g/mol. The summed E-state index contributed by atoms with van der Waals surface area (Å²) in [6.45, 7) is 5.31. The third-order valence-corrected chi connectivity index (χ3v) is 5.43. The third kappa shape index (κ3) is 3.34. The van der Waals surface area contributed by atoms with Gasteiger partial charge >= 0.3 is 0 Å². The molecular weight excluding hydrogens is 345 g/mol. The number of likely N-dealkylation sites (tertiary alicyclic amines) is 1. The Bertz CT molecular complexity index is 976. The third-order valence-electron chi connectivity index (χ3n) is 5.43. The molecule has 0 unspecified atom stereocenters. The lowest BCUT2D eigenvalue weighted by Gasteiger charge is -2.35. The maximum absolute atomic E-state index is 14.8. The summed E-state index contributed by atoms with van der Waals surface area (Å²) < 4.78 is 18.3. The maximum atomic E-state index is 14.8. The summed E-state index contributed by atoms with van der Waals surface area (Å²) in [5.74, 6) is 0.0832. The number of imidazole rings is 2. The van der Waals surface area contributed by atoms with E-state index in [0.29, 0.717) is 12.2 Å². The molecule has 27 heavy (non-hydrogen) atoms. The molecule has 1 aliphatic heterocycles. The van der Waals surface area contributed by atoms with Crippen molar-refractivity contribution in [2.24, 2.45) is 0 Å². The van der Waals surface area contributed by atoms with Crippen LogP contribution in [-0.2, 0) is 6.54 Å². The van der Waals surface area contributed by atoms with Crippen LogP contribution < -0.4 is 0 Å². The van der Waals surface area contributed by atoms with Gasteiger partial charge in [-0.25, -0.2) is 9.97 Å². The van der Waals surface area contributed by atoms with Crippen LogP contribution in [0.25, 0.3) is 5.65 Å². The largest absolute Gasteiger partial charge is 0.335 e. The van der Waals surface area contributed by atoms with Gasteiger partial charge in [-0.05, 0) is 51.2 Å². The molecule has 4 rings (SSSR count). The maximum Gasteiger partial charge on any atom is 0.277 e. The van der Waals surface area contributed by atoms with Crippen LogP contribution in [0.2, 0.25) is 0 Å². The highest BCUT2D eigenvalue weighted by molar-refractivity contribution is 5.93. The standard InChI is InChI=1S/C20H24FN5O/c1-14-6-7-17-23-18(19(21)26(17)13-14)20(27)25-10-4-3-5-16(25)8-11-24-12-9-22-15(24)2/h6-7,9,12-13,16H,3-5,8,10-11H2,1-2H3/t16-/m1/s1. The number of aryl methyl sites for hydroxylation is 3. The number of piperidine rings is 1. The first kappa shape index (κ1) is 17.7. The topological polar surface area (TPSA) is 55.4 Å². The minimum absolute atomic E-state index is 0.0775. The Morgan fingerprint density at radius 3 is 2.93 bits per heavy atom. The number of fused-ring (bicyclic) bond motifs is 1. The van der Waals surface area contributed by atoms with Crippen molar-refractivity contribution < 1.29 is 9.18 Å². The second kappa shape index (κ2) is 7.13. The minimum atomic E-state index is -0.575. The van der Waals surface area contributed by atoms with E-state index in [1.54, 1.807) is 18.5 Å². The zero-order valence-corrected chi connectivity index (χ0v) is 15.7. The SMILES string of the molecule is Cc1ccc2nc(C(=O)N3CCCC[C@@H]3CCn3ccnc3C)c(F)n2c1. The number of nitrogens with zero attached hydrogens (tertiary/aromatic N) is 5. The van der Waals surface area contributed by atoms with E-state index in [9.17, 15) is 9.18 Å². The van der Waals surface area contributed by atoms with E-state index >= 15 is 0 Å². The van der Waals surface area contributed by atoms with E-state index in [1.165, 1.54) is 4.40 Å². The van der Waals surface area contributed by atoms with Crippen molar-refractivity contribution >= 4 is 11.6 Å². The van der Waals surface area contributed by atoms with Gasteiger partial charge in [0.15, 0.2) is 5.69 Å². The van der Waals surface area contributed by atoms with Gasteiger partial charge in [-0.15, -0.1) is 0 Å². The van der Waals surface area contributed by atoms with Gasteiger partial charge in [0.1, 0.15) is 11.5 Å². The van der Waals surface area contributed by atoms with Crippen LogP contribution >= 0.6 is 0 Å². The summed E-state index contributed by atoms with van der Waals surface area (Å²) >= 11 is 0. The van der Waals surface area contributed by atoms with Crippen molar-refractivity contribution in [2.75, 3.05) is 6.54 Å². The molecule has 1 fully saturated rings. The molecule has 142 valence electrons. The van der Waals surface area contributed by atoms with Crippen LogP contribution in [0.3, 0.4) is 0 Å². The van der Waals surface area contributed by atoms with E-state index < -0.39 is 5.95 Å². The highest BCUT2D eigenvalue weighted by Gasteiger charge is 2.31. The molecule has 0 saturated carbocycles. The van der Waals surface area contributed by atoms with Crippen molar-refractivity contribution in [3.63, 3.8) is 0 Å². The van der Waals surface area contributed by atoms with E-state index in [1.807, 2.05) is 31.0 Å². The Labute approximate surface area is 157 Å². The van der Waals surface area contributed by atoms with Crippen molar-refractivity contribution in [3.05, 3.63) is 53.8 Å². The molecule has 0 bridgehead atoms. The number of amides is 1. The van der Waals surface area contributed by atoms with Gasteiger partial charge in [0, 0.05) is 37.7 Å². The second-order valence-electron chi connectivity index (χ2n) is 7.29. The normalized spacial score (nSPS) is 17.6. The molecule has 0 N–H and O–H groups in total. The van der Waals surface area contributed by atoms with Crippen LogP contribution in [0, 0.1) is 19.8 Å².